The van der Waals surface area contributed by atoms with Crippen LogP contribution in [0.15, 0.2) is 42.5 Å². The fraction of sp³-hybridized carbons (Fsp3) is 0.235. The van der Waals surface area contributed by atoms with Gasteiger partial charge in [-0.3, -0.25) is 0 Å². The van der Waals surface area contributed by atoms with Crippen molar-refractivity contribution >= 4 is 5.69 Å². The zero-order valence-corrected chi connectivity index (χ0v) is 11.7. The van der Waals surface area contributed by atoms with Crippen LogP contribution in [0.2, 0.25) is 0 Å². The molecule has 0 bridgehead atoms. The van der Waals surface area contributed by atoms with Crippen LogP contribution in [0.1, 0.15) is 23.6 Å². The first kappa shape index (κ1) is 14.5. The van der Waals surface area contributed by atoms with E-state index in [1.807, 2.05) is 6.07 Å². The summed E-state index contributed by atoms with van der Waals surface area (Å²) in [5.41, 5.74) is 1.07. The van der Waals surface area contributed by atoms with Gasteiger partial charge >= 0.3 is 0 Å². The second kappa shape index (κ2) is 5.74. The number of benzene rings is 2. The van der Waals surface area contributed by atoms with E-state index in [4.69, 9.17) is 0 Å². The van der Waals surface area contributed by atoms with E-state index < -0.39 is 11.9 Å². The monoisotopic (exact) mass is 300 g/mol. The zero-order valence-electron chi connectivity index (χ0n) is 11.7. The van der Waals surface area contributed by atoms with Gasteiger partial charge < -0.3 is 10.0 Å². The summed E-state index contributed by atoms with van der Waals surface area (Å²) in [4.78, 5) is 1.76. The highest BCUT2D eigenvalue weighted by Crippen LogP contribution is 2.38. The number of nitrogens with zero attached hydrogens (tertiary/aromatic N) is 2. The summed E-state index contributed by atoms with van der Waals surface area (Å²) in [5, 5.41) is 19.2. The van der Waals surface area contributed by atoms with Crippen molar-refractivity contribution in [3.05, 3.63) is 65.2 Å². The Morgan fingerprint density at radius 2 is 1.95 bits per heavy atom. The topological polar surface area (TPSA) is 47.3 Å². The lowest BCUT2D eigenvalue weighted by atomic mass is 10.0. The van der Waals surface area contributed by atoms with E-state index in [0.717, 1.165) is 0 Å². The number of nitriles is 1. The normalized spacial score (nSPS) is 20.9. The lowest BCUT2D eigenvalue weighted by molar-refractivity contribution is 0.194. The van der Waals surface area contributed by atoms with Crippen molar-refractivity contribution in [2.24, 2.45) is 0 Å². The van der Waals surface area contributed by atoms with Crippen molar-refractivity contribution in [2.75, 3.05) is 11.4 Å². The Bertz CT molecular complexity index is 742. The number of aliphatic hydroxyl groups is 1. The van der Waals surface area contributed by atoms with Crippen molar-refractivity contribution in [3.8, 4) is 6.07 Å². The SMILES string of the molecule is N#Cc1c(F)cccc1N1C[C@H](O)C[C@@H]1c1cccc(F)c1. The molecule has 0 spiro atoms. The van der Waals surface area contributed by atoms with Crippen molar-refractivity contribution in [1.29, 1.82) is 5.26 Å². The highest BCUT2D eigenvalue weighted by atomic mass is 19.1. The number of halogens is 2. The van der Waals surface area contributed by atoms with Gasteiger partial charge in [0.2, 0.25) is 0 Å². The van der Waals surface area contributed by atoms with Crippen LogP contribution in [0.3, 0.4) is 0 Å². The number of hydrogen-bond acceptors (Lipinski definition) is 3. The Morgan fingerprint density at radius 3 is 2.68 bits per heavy atom. The van der Waals surface area contributed by atoms with E-state index in [-0.39, 0.29) is 24.0 Å². The molecule has 0 radical (unpaired) electrons. The molecule has 0 saturated carbocycles. The van der Waals surface area contributed by atoms with Gasteiger partial charge in [0.1, 0.15) is 23.3 Å². The van der Waals surface area contributed by atoms with Gasteiger partial charge in [-0.25, -0.2) is 8.78 Å². The third-order valence-electron chi connectivity index (χ3n) is 3.93. The molecular weight excluding hydrogens is 286 g/mol. The average molecular weight is 300 g/mol. The summed E-state index contributed by atoms with van der Waals surface area (Å²) >= 11 is 0. The van der Waals surface area contributed by atoms with Gasteiger partial charge in [-0.2, -0.15) is 5.26 Å². The molecule has 2 aromatic rings. The maximum atomic E-state index is 13.8. The highest BCUT2D eigenvalue weighted by Gasteiger charge is 2.34. The molecule has 22 heavy (non-hydrogen) atoms. The standard InChI is InChI=1S/C17H14F2N2O/c18-12-4-1-3-11(7-12)17-8-13(22)10-21(17)16-6-2-5-15(19)14(16)9-20/h1-7,13,17,22H,8,10H2/t13-,17-/m1/s1. The van der Waals surface area contributed by atoms with Crippen molar-refractivity contribution in [2.45, 2.75) is 18.6 Å². The maximum Gasteiger partial charge on any atom is 0.143 e. The second-order valence-electron chi connectivity index (χ2n) is 5.36. The molecule has 0 unspecified atom stereocenters. The highest BCUT2D eigenvalue weighted by molar-refractivity contribution is 5.62. The summed E-state index contributed by atoms with van der Waals surface area (Å²) in [6.45, 7) is 0.277. The Kier molecular flexibility index (Phi) is 3.78. The first-order valence-electron chi connectivity index (χ1n) is 6.99. The fourth-order valence-electron chi connectivity index (χ4n) is 2.97. The number of hydrogen-bond donors (Lipinski definition) is 1. The molecule has 0 amide bonds. The Balaban J connectivity index is 2.06. The molecule has 5 heteroatoms. The summed E-state index contributed by atoms with van der Waals surface area (Å²) in [6, 6.07) is 12.1. The lowest BCUT2D eigenvalue weighted by Gasteiger charge is -2.27. The van der Waals surface area contributed by atoms with E-state index in [0.29, 0.717) is 17.7 Å². The summed E-state index contributed by atoms with van der Waals surface area (Å²) in [5.74, 6) is -0.960. The molecule has 1 N–H and O–H groups in total. The summed E-state index contributed by atoms with van der Waals surface area (Å²) in [6.07, 6.45) is -0.201. The van der Waals surface area contributed by atoms with Crippen molar-refractivity contribution in [1.82, 2.24) is 0 Å². The largest absolute Gasteiger partial charge is 0.391 e. The predicted molar refractivity (Wildman–Crippen MR) is 78.2 cm³/mol. The van der Waals surface area contributed by atoms with E-state index in [1.165, 1.54) is 24.3 Å². The zero-order chi connectivity index (χ0) is 15.7. The molecule has 3 nitrogen and oxygen atoms in total. The molecule has 0 aromatic heterocycles. The molecule has 112 valence electrons. The minimum Gasteiger partial charge on any atom is -0.391 e. The molecule has 2 aromatic carbocycles. The molecule has 2 atom stereocenters. The summed E-state index contributed by atoms with van der Waals surface area (Å²) in [7, 11) is 0. The van der Waals surface area contributed by atoms with Crippen LogP contribution in [-0.4, -0.2) is 17.8 Å². The van der Waals surface area contributed by atoms with Crippen LogP contribution in [-0.2, 0) is 0 Å². The molecule has 1 fully saturated rings. The predicted octanol–water partition coefficient (Wildman–Crippen LogP) is 3.15. The first-order chi connectivity index (χ1) is 10.6. The minimum atomic E-state index is -0.608. The molecule has 1 aliphatic rings. The van der Waals surface area contributed by atoms with Crippen molar-refractivity contribution < 1.29 is 13.9 Å². The number of anilines is 1. The molecule has 1 heterocycles. The Hall–Kier alpha value is -2.45. The smallest absolute Gasteiger partial charge is 0.143 e. The summed E-state index contributed by atoms with van der Waals surface area (Å²) < 4.78 is 27.3. The van der Waals surface area contributed by atoms with Gasteiger partial charge in [0.05, 0.1) is 17.8 Å². The number of β-amino-alcohol motifs (C(OH)–C–C–N with tert-alkyl or cyclic N) is 1. The molecular formula is C17H14F2N2O. The van der Waals surface area contributed by atoms with Crippen LogP contribution in [0.25, 0.3) is 0 Å². The number of aliphatic hydroxyl groups excluding tert-OH is 1. The average Bonchev–Trinajstić information content (AvgIpc) is 2.89. The van der Waals surface area contributed by atoms with E-state index >= 15 is 0 Å². The molecule has 1 saturated heterocycles. The third-order valence-corrected chi connectivity index (χ3v) is 3.93. The quantitative estimate of drug-likeness (QED) is 0.927. The van der Waals surface area contributed by atoms with Gasteiger partial charge in [0.15, 0.2) is 0 Å². The Labute approximate surface area is 127 Å². The van der Waals surface area contributed by atoms with Gasteiger partial charge in [-0.05, 0) is 36.2 Å². The second-order valence-corrected chi connectivity index (χ2v) is 5.36. The van der Waals surface area contributed by atoms with E-state index in [9.17, 15) is 19.1 Å². The van der Waals surface area contributed by atoms with Gasteiger partial charge in [0.25, 0.3) is 0 Å². The lowest BCUT2D eigenvalue weighted by Crippen LogP contribution is -2.25. The minimum absolute atomic E-state index is 0.0574. The van der Waals surface area contributed by atoms with Crippen molar-refractivity contribution in [3.63, 3.8) is 0 Å². The van der Waals surface area contributed by atoms with Crippen LogP contribution < -0.4 is 4.90 Å². The van der Waals surface area contributed by atoms with Crippen LogP contribution >= 0.6 is 0 Å². The number of rotatable bonds is 2. The van der Waals surface area contributed by atoms with Gasteiger partial charge in [-0.15, -0.1) is 0 Å². The van der Waals surface area contributed by atoms with Gasteiger partial charge in [-0.1, -0.05) is 18.2 Å². The third kappa shape index (κ3) is 2.53. The maximum absolute atomic E-state index is 13.8. The first-order valence-corrected chi connectivity index (χ1v) is 6.99. The van der Waals surface area contributed by atoms with E-state index in [2.05, 4.69) is 0 Å². The Morgan fingerprint density at radius 1 is 1.18 bits per heavy atom. The van der Waals surface area contributed by atoms with Crippen LogP contribution in [0, 0.1) is 23.0 Å². The van der Waals surface area contributed by atoms with Gasteiger partial charge in [0, 0.05) is 6.54 Å². The molecule has 0 aliphatic carbocycles. The van der Waals surface area contributed by atoms with E-state index in [1.54, 1.807) is 23.1 Å². The van der Waals surface area contributed by atoms with Crippen LogP contribution in [0.5, 0.6) is 0 Å². The molecule has 3 rings (SSSR count). The van der Waals surface area contributed by atoms with Crippen LogP contribution in [0.4, 0.5) is 14.5 Å². The fourth-order valence-corrected chi connectivity index (χ4v) is 2.97. The molecule has 1 aliphatic heterocycles.